The summed E-state index contributed by atoms with van der Waals surface area (Å²) in [6.45, 7) is 10.6. The normalized spacial score (nSPS) is 18.0. The number of nitrogens with zero attached hydrogens (tertiary/aromatic N) is 1. The Kier molecular flexibility index (Phi) is 7.13. The Balaban J connectivity index is 1.38. The van der Waals surface area contributed by atoms with Crippen molar-refractivity contribution in [3.63, 3.8) is 0 Å². The maximum atomic E-state index is 12.2. The van der Waals surface area contributed by atoms with Crippen molar-refractivity contribution in [2.45, 2.75) is 45.6 Å². The van der Waals surface area contributed by atoms with E-state index in [2.05, 4.69) is 60.6 Å². The lowest BCUT2D eigenvalue weighted by Gasteiger charge is -2.32. The maximum Gasteiger partial charge on any atom is 0.257 e. The predicted molar refractivity (Wildman–Crippen MR) is 116 cm³/mol. The van der Waals surface area contributed by atoms with Crippen LogP contribution in [-0.2, 0) is 16.8 Å². The van der Waals surface area contributed by atoms with Gasteiger partial charge in [0, 0.05) is 24.5 Å². The minimum absolute atomic E-state index is 0.0460. The molecule has 1 amide bonds. The number of hydrogen-bond donors (Lipinski definition) is 1. The average molecular weight is 401 g/mol. The minimum Gasteiger partial charge on any atom is -0.484 e. The van der Waals surface area contributed by atoms with Crippen LogP contribution in [0, 0.1) is 5.92 Å². The van der Waals surface area contributed by atoms with E-state index in [0.29, 0.717) is 5.92 Å². The number of thiophene rings is 1. The number of piperidine rings is 1. The van der Waals surface area contributed by atoms with Crippen molar-refractivity contribution in [3.8, 4) is 5.75 Å². The predicted octanol–water partition coefficient (Wildman–Crippen LogP) is 4.45. The number of ether oxygens (including phenoxy) is 1. The van der Waals surface area contributed by atoms with Gasteiger partial charge in [-0.05, 0) is 59.9 Å². The zero-order chi connectivity index (χ0) is 20.0. The molecule has 28 heavy (non-hydrogen) atoms. The largest absolute Gasteiger partial charge is 0.484 e. The Bertz CT molecular complexity index is 735. The van der Waals surface area contributed by atoms with Gasteiger partial charge in [-0.3, -0.25) is 9.69 Å². The van der Waals surface area contributed by atoms with Gasteiger partial charge >= 0.3 is 0 Å². The molecule has 0 bridgehead atoms. The molecule has 3 rings (SSSR count). The molecule has 152 valence electrons. The molecule has 4 nitrogen and oxygen atoms in total. The highest BCUT2D eigenvalue weighted by Gasteiger charge is 2.21. The number of hydrogen-bond acceptors (Lipinski definition) is 4. The van der Waals surface area contributed by atoms with Gasteiger partial charge in [0.15, 0.2) is 6.61 Å². The van der Waals surface area contributed by atoms with Crippen molar-refractivity contribution >= 4 is 17.2 Å². The molecule has 1 aromatic carbocycles. The Hall–Kier alpha value is -1.85. The van der Waals surface area contributed by atoms with E-state index in [0.717, 1.165) is 31.9 Å². The molecule has 2 heterocycles. The van der Waals surface area contributed by atoms with Crippen molar-refractivity contribution in [2.75, 3.05) is 26.2 Å². The summed E-state index contributed by atoms with van der Waals surface area (Å²) >= 11 is 1.81. The lowest BCUT2D eigenvalue weighted by Crippen LogP contribution is -2.41. The van der Waals surface area contributed by atoms with Crippen molar-refractivity contribution in [2.24, 2.45) is 5.92 Å². The van der Waals surface area contributed by atoms with Gasteiger partial charge in [-0.2, -0.15) is 0 Å². The van der Waals surface area contributed by atoms with Gasteiger partial charge in [0.05, 0.1) is 0 Å². The summed E-state index contributed by atoms with van der Waals surface area (Å²) in [7, 11) is 0. The molecule has 1 N–H and O–H groups in total. The fourth-order valence-electron chi connectivity index (χ4n) is 3.59. The molecule has 1 fully saturated rings. The van der Waals surface area contributed by atoms with E-state index in [1.165, 1.54) is 23.3 Å². The molecule has 0 aliphatic carbocycles. The fraction of sp³-hybridized carbons (Fsp3) is 0.522. The van der Waals surface area contributed by atoms with Gasteiger partial charge in [-0.1, -0.05) is 39.0 Å². The molecule has 0 spiro atoms. The van der Waals surface area contributed by atoms with E-state index in [4.69, 9.17) is 4.74 Å². The van der Waals surface area contributed by atoms with Crippen molar-refractivity contribution in [1.82, 2.24) is 10.2 Å². The Morgan fingerprint density at radius 2 is 2.04 bits per heavy atom. The van der Waals surface area contributed by atoms with Crippen LogP contribution in [0.2, 0.25) is 0 Å². The summed E-state index contributed by atoms with van der Waals surface area (Å²) in [5.74, 6) is 1.21. The van der Waals surface area contributed by atoms with Crippen molar-refractivity contribution in [1.29, 1.82) is 0 Å². The molecule has 1 saturated heterocycles. The quantitative estimate of drug-likeness (QED) is 0.746. The topological polar surface area (TPSA) is 41.6 Å². The van der Waals surface area contributed by atoms with Crippen molar-refractivity contribution in [3.05, 3.63) is 52.2 Å². The summed E-state index contributed by atoms with van der Waals surface area (Å²) in [6, 6.07) is 12.3. The summed E-state index contributed by atoms with van der Waals surface area (Å²) in [5.41, 5.74) is 1.38. The van der Waals surface area contributed by atoms with Gasteiger partial charge in [-0.15, -0.1) is 11.3 Å². The first-order chi connectivity index (χ1) is 13.4. The van der Waals surface area contributed by atoms with E-state index in [1.807, 2.05) is 23.5 Å². The first-order valence-corrected chi connectivity index (χ1v) is 11.0. The Labute approximate surface area is 172 Å². The fourth-order valence-corrected chi connectivity index (χ4v) is 4.34. The van der Waals surface area contributed by atoms with E-state index in [9.17, 15) is 4.79 Å². The molecule has 1 atom stereocenters. The van der Waals surface area contributed by atoms with Crippen LogP contribution in [0.25, 0.3) is 0 Å². The smallest absolute Gasteiger partial charge is 0.257 e. The lowest BCUT2D eigenvalue weighted by molar-refractivity contribution is -0.123. The molecular weight excluding hydrogens is 368 g/mol. The van der Waals surface area contributed by atoms with Crippen LogP contribution in [0.3, 0.4) is 0 Å². The first kappa shape index (κ1) is 20.9. The van der Waals surface area contributed by atoms with E-state index in [-0.39, 0.29) is 17.9 Å². The summed E-state index contributed by atoms with van der Waals surface area (Å²) in [5, 5.41) is 5.18. The summed E-state index contributed by atoms with van der Waals surface area (Å²) in [4.78, 5) is 16.1. The highest BCUT2D eigenvalue weighted by Crippen LogP contribution is 2.24. The maximum absolute atomic E-state index is 12.2. The van der Waals surface area contributed by atoms with Crippen LogP contribution < -0.4 is 10.1 Å². The standard InChI is InChI=1S/C23H32N2O2S/c1-23(2,3)19-8-10-20(11-9-19)27-17-22(26)24-14-18-6-4-12-25(15-18)16-21-7-5-13-28-21/h5,7-11,13,18H,4,6,12,14-17H2,1-3H3,(H,24,26). The van der Waals surface area contributed by atoms with E-state index < -0.39 is 0 Å². The summed E-state index contributed by atoms with van der Waals surface area (Å²) < 4.78 is 5.65. The van der Waals surface area contributed by atoms with E-state index >= 15 is 0 Å². The monoisotopic (exact) mass is 400 g/mol. The number of carbonyl (C=O) groups is 1. The number of likely N-dealkylation sites (tertiary alicyclic amines) is 1. The molecule has 2 aromatic rings. The molecule has 1 aliphatic rings. The zero-order valence-electron chi connectivity index (χ0n) is 17.2. The second-order valence-corrected chi connectivity index (χ2v) is 9.72. The van der Waals surface area contributed by atoms with Crippen LogP contribution in [0.4, 0.5) is 0 Å². The number of nitrogens with one attached hydrogen (secondary N) is 1. The molecule has 0 radical (unpaired) electrons. The number of benzene rings is 1. The molecule has 0 saturated carbocycles. The number of carbonyl (C=O) groups excluding carboxylic acids is 1. The van der Waals surface area contributed by atoms with Gasteiger partial charge in [-0.25, -0.2) is 0 Å². The van der Waals surface area contributed by atoms with Crippen LogP contribution in [0.15, 0.2) is 41.8 Å². The van der Waals surface area contributed by atoms with E-state index in [1.54, 1.807) is 0 Å². The van der Waals surface area contributed by atoms with Gasteiger partial charge in [0.2, 0.25) is 0 Å². The first-order valence-electron chi connectivity index (χ1n) is 10.1. The van der Waals surface area contributed by atoms with Gasteiger partial charge in [0.1, 0.15) is 5.75 Å². The second kappa shape index (κ2) is 9.57. The van der Waals surface area contributed by atoms with Crippen molar-refractivity contribution < 1.29 is 9.53 Å². The molecule has 1 unspecified atom stereocenters. The molecule has 1 aliphatic heterocycles. The lowest BCUT2D eigenvalue weighted by atomic mass is 9.87. The average Bonchev–Trinajstić information content (AvgIpc) is 3.18. The minimum atomic E-state index is -0.0460. The summed E-state index contributed by atoms with van der Waals surface area (Å²) in [6.07, 6.45) is 2.37. The Morgan fingerprint density at radius 1 is 1.25 bits per heavy atom. The molecular formula is C23H32N2O2S. The number of amides is 1. The molecule has 5 heteroatoms. The highest BCUT2D eigenvalue weighted by atomic mass is 32.1. The highest BCUT2D eigenvalue weighted by molar-refractivity contribution is 7.09. The van der Waals surface area contributed by atoms with Gasteiger partial charge in [0.25, 0.3) is 5.91 Å². The second-order valence-electron chi connectivity index (χ2n) is 8.69. The van der Waals surface area contributed by atoms with Gasteiger partial charge < -0.3 is 10.1 Å². The SMILES string of the molecule is CC(C)(C)c1ccc(OCC(=O)NCC2CCCN(Cc3cccs3)C2)cc1. The number of rotatable bonds is 7. The zero-order valence-corrected chi connectivity index (χ0v) is 18.1. The third-order valence-electron chi connectivity index (χ3n) is 5.24. The molecule has 1 aromatic heterocycles. The van der Waals surface area contributed by atoms with Crippen LogP contribution in [-0.4, -0.2) is 37.0 Å². The van der Waals surface area contributed by atoms with Crippen LogP contribution >= 0.6 is 11.3 Å². The third-order valence-corrected chi connectivity index (χ3v) is 6.10. The van der Waals surface area contributed by atoms with Crippen LogP contribution in [0.1, 0.15) is 44.1 Å². The third kappa shape index (κ3) is 6.35. The van der Waals surface area contributed by atoms with Crippen LogP contribution in [0.5, 0.6) is 5.75 Å². The Morgan fingerprint density at radius 3 is 2.71 bits per heavy atom.